The third-order valence-electron chi connectivity index (χ3n) is 2.93. The number of nitrogen functional groups attached to an aromatic ring is 1. The molecule has 2 aromatic rings. The van der Waals surface area contributed by atoms with E-state index in [0.29, 0.717) is 5.69 Å². The summed E-state index contributed by atoms with van der Waals surface area (Å²) in [6, 6.07) is 4.12. The number of aromatic nitrogens is 3. The van der Waals surface area contributed by atoms with Gasteiger partial charge in [-0.05, 0) is 17.0 Å². The van der Waals surface area contributed by atoms with Crippen LogP contribution in [0.25, 0.3) is 0 Å². The molecule has 2 rings (SSSR count). The van der Waals surface area contributed by atoms with Crippen LogP contribution in [0.2, 0.25) is 0 Å². The first-order valence-electron chi connectivity index (χ1n) is 6.43. The molecular formula is C14H21N5. The molecule has 0 bridgehead atoms. The first-order chi connectivity index (χ1) is 8.95. The van der Waals surface area contributed by atoms with Crippen LogP contribution < -0.4 is 11.1 Å². The molecule has 0 saturated heterocycles. The molecule has 0 amide bonds. The molecule has 2 aromatic heterocycles. The molecule has 0 aliphatic rings. The maximum atomic E-state index is 5.60. The van der Waals surface area contributed by atoms with Crippen LogP contribution in [0.15, 0.2) is 30.7 Å². The summed E-state index contributed by atoms with van der Waals surface area (Å²) in [5, 5.41) is 7.39. The summed E-state index contributed by atoms with van der Waals surface area (Å²) >= 11 is 0. The lowest BCUT2D eigenvalue weighted by Gasteiger charge is -2.18. The van der Waals surface area contributed by atoms with E-state index in [1.165, 1.54) is 5.56 Å². The zero-order valence-electron chi connectivity index (χ0n) is 11.7. The second-order valence-corrected chi connectivity index (χ2v) is 5.65. The molecule has 0 fully saturated rings. The van der Waals surface area contributed by atoms with E-state index in [-0.39, 0.29) is 5.41 Å². The number of anilines is 2. The van der Waals surface area contributed by atoms with Crippen molar-refractivity contribution in [3.05, 3.63) is 36.3 Å². The maximum absolute atomic E-state index is 5.60. The molecule has 0 saturated carbocycles. The van der Waals surface area contributed by atoms with Gasteiger partial charge in [-0.3, -0.25) is 4.68 Å². The lowest BCUT2D eigenvalue weighted by atomic mass is 9.88. The Bertz CT molecular complexity index is 522. The SMILES string of the molecule is CC(C)(C)c1ccc(NCCn2cc(N)cn2)nc1. The number of hydrogen-bond acceptors (Lipinski definition) is 4. The van der Waals surface area contributed by atoms with Gasteiger partial charge in [-0.2, -0.15) is 5.10 Å². The molecule has 0 atom stereocenters. The first-order valence-corrected chi connectivity index (χ1v) is 6.43. The van der Waals surface area contributed by atoms with Crippen molar-refractivity contribution in [2.45, 2.75) is 32.7 Å². The molecule has 0 aromatic carbocycles. The topological polar surface area (TPSA) is 68.8 Å². The molecule has 2 heterocycles. The fourth-order valence-corrected chi connectivity index (χ4v) is 1.74. The van der Waals surface area contributed by atoms with Gasteiger partial charge in [0.15, 0.2) is 0 Å². The Labute approximate surface area is 113 Å². The predicted molar refractivity (Wildman–Crippen MR) is 78.1 cm³/mol. The number of nitrogens with zero attached hydrogens (tertiary/aromatic N) is 3. The van der Waals surface area contributed by atoms with Crippen LogP contribution in [0.1, 0.15) is 26.3 Å². The summed E-state index contributed by atoms with van der Waals surface area (Å²) in [4.78, 5) is 4.42. The highest BCUT2D eigenvalue weighted by Crippen LogP contribution is 2.21. The third-order valence-corrected chi connectivity index (χ3v) is 2.93. The Morgan fingerprint density at radius 2 is 2.05 bits per heavy atom. The van der Waals surface area contributed by atoms with Crippen molar-refractivity contribution in [3.63, 3.8) is 0 Å². The van der Waals surface area contributed by atoms with Gasteiger partial charge in [-0.1, -0.05) is 26.8 Å². The monoisotopic (exact) mass is 259 g/mol. The summed E-state index contributed by atoms with van der Waals surface area (Å²) in [5.74, 6) is 0.883. The predicted octanol–water partition coefficient (Wildman–Crippen LogP) is 2.27. The van der Waals surface area contributed by atoms with E-state index < -0.39 is 0 Å². The van der Waals surface area contributed by atoms with Gasteiger partial charge >= 0.3 is 0 Å². The van der Waals surface area contributed by atoms with Crippen molar-refractivity contribution >= 4 is 11.5 Å². The van der Waals surface area contributed by atoms with E-state index in [1.54, 1.807) is 6.20 Å². The third kappa shape index (κ3) is 3.71. The zero-order chi connectivity index (χ0) is 13.9. The second-order valence-electron chi connectivity index (χ2n) is 5.65. The van der Waals surface area contributed by atoms with E-state index in [0.717, 1.165) is 18.9 Å². The number of nitrogens with two attached hydrogens (primary N) is 1. The summed E-state index contributed by atoms with van der Waals surface area (Å²) in [5.41, 5.74) is 7.66. The fraction of sp³-hybridized carbons (Fsp3) is 0.429. The molecule has 5 heteroatoms. The summed E-state index contributed by atoms with van der Waals surface area (Å²) < 4.78 is 1.81. The molecule has 0 aliphatic carbocycles. The van der Waals surface area contributed by atoms with E-state index in [1.807, 2.05) is 23.1 Å². The minimum absolute atomic E-state index is 0.137. The Morgan fingerprint density at radius 1 is 1.26 bits per heavy atom. The summed E-state index contributed by atoms with van der Waals surface area (Å²) in [6.07, 6.45) is 5.39. The highest BCUT2D eigenvalue weighted by atomic mass is 15.3. The standard InChI is InChI=1S/C14H21N5/c1-14(2,3)11-4-5-13(17-8-11)16-6-7-19-10-12(15)9-18-19/h4-5,8-10H,6-7,15H2,1-3H3,(H,16,17). The maximum Gasteiger partial charge on any atom is 0.125 e. The largest absolute Gasteiger partial charge is 0.396 e. The zero-order valence-corrected chi connectivity index (χ0v) is 11.7. The van der Waals surface area contributed by atoms with Crippen molar-refractivity contribution in [1.82, 2.24) is 14.8 Å². The lowest BCUT2D eigenvalue weighted by Crippen LogP contribution is -2.14. The number of nitrogens with one attached hydrogen (secondary N) is 1. The Kier molecular flexibility index (Phi) is 3.74. The van der Waals surface area contributed by atoms with Crippen LogP contribution >= 0.6 is 0 Å². The average Bonchev–Trinajstić information content (AvgIpc) is 2.75. The molecule has 0 spiro atoms. The van der Waals surface area contributed by atoms with Crippen molar-refractivity contribution in [3.8, 4) is 0 Å². The van der Waals surface area contributed by atoms with Crippen LogP contribution in [-0.4, -0.2) is 21.3 Å². The van der Waals surface area contributed by atoms with Crippen molar-refractivity contribution in [2.24, 2.45) is 0 Å². The number of rotatable bonds is 4. The molecule has 19 heavy (non-hydrogen) atoms. The molecule has 102 valence electrons. The Balaban J connectivity index is 1.86. The highest BCUT2D eigenvalue weighted by Gasteiger charge is 2.13. The van der Waals surface area contributed by atoms with Gasteiger partial charge in [-0.25, -0.2) is 4.98 Å². The van der Waals surface area contributed by atoms with Gasteiger partial charge < -0.3 is 11.1 Å². The molecule has 3 N–H and O–H groups in total. The smallest absolute Gasteiger partial charge is 0.125 e. The molecule has 5 nitrogen and oxygen atoms in total. The van der Waals surface area contributed by atoms with Crippen LogP contribution in [0.3, 0.4) is 0 Å². The van der Waals surface area contributed by atoms with Gasteiger partial charge in [0, 0.05) is 18.9 Å². The average molecular weight is 259 g/mol. The fourth-order valence-electron chi connectivity index (χ4n) is 1.74. The highest BCUT2D eigenvalue weighted by molar-refractivity contribution is 5.37. The molecular weight excluding hydrogens is 238 g/mol. The van der Waals surface area contributed by atoms with Gasteiger partial charge in [0.05, 0.1) is 18.4 Å². The van der Waals surface area contributed by atoms with Crippen LogP contribution in [0, 0.1) is 0 Å². The van der Waals surface area contributed by atoms with Gasteiger partial charge in [-0.15, -0.1) is 0 Å². The minimum atomic E-state index is 0.137. The van der Waals surface area contributed by atoms with Crippen LogP contribution in [0.4, 0.5) is 11.5 Å². The molecule has 0 radical (unpaired) electrons. The normalized spacial score (nSPS) is 11.5. The van der Waals surface area contributed by atoms with Crippen molar-refractivity contribution < 1.29 is 0 Å². The number of hydrogen-bond donors (Lipinski definition) is 2. The molecule has 0 unspecified atom stereocenters. The minimum Gasteiger partial charge on any atom is -0.396 e. The second kappa shape index (κ2) is 5.30. The van der Waals surface area contributed by atoms with Gasteiger partial charge in [0.25, 0.3) is 0 Å². The summed E-state index contributed by atoms with van der Waals surface area (Å²) in [6.45, 7) is 8.07. The Hall–Kier alpha value is -2.04. The van der Waals surface area contributed by atoms with Gasteiger partial charge in [0.2, 0.25) is 0 Å². The van der Waals surface area contributed by atoms with Gasteiger partial charge in [0.1, 0.15) is 5.82 Å². The lowest BCUT2D eigenvalue weighted by molar-refractivity contribution is 0.587. The van der Waals surface area contributed by atoms with Crippen molar-refractivity contribution in [2.75, 3.05) is 17.6 Å². The Morgan fingerprint density at radius 3 is 2.58 bits per heavy atom. The first kappa shape index (κ1) is 13.4. The van der Waals surface area contributed by atoms with Crippen LogP contribution in [0.5, 0.6) is 0 Å². The van der Waals surface area contributed by atoms with Crippen molar-refractivity contribution in [1.29, 1.82) is 0 Å². The quantitative estimate of drug-likeness (QED) is 0.883. The van der Waals surface area contributed by atoms with E-state index in [2.05, 4.69) is 42.2 Å². The van der Waals surface area contributed by atoms with E-state index in [9.17, 15) is 0 Å². The summed E-state index contributed by atoms with van der Waals surface area (Å²) in [7, 11) is 0. The number of pyridine rings is 1. The van der Waals surface area contributed by atoms with Crippen LogP contribution in [-0.2, 0) is 12.0 Å². The van der Waals surface area contributed by atoms with E-state index in [4.69, 9.17) is 5.73 Å². The van der Waals surface area contributed by atoms with E-state index >= 15 is 0 Å². The molecule has 0 aliphatic heterocycles.